The number of aromatic nitrogens is 1. The van der Waals surface area contributed by atoms with E-state index >= 15 is 0 Å². The topological polar surface area (TPSA) is 37.0 Å². The smallest absolute Gasteiger partial charge is 0.182 e. The standard InChI is InChI=1S/C13H21N3S/c1-3-4-7-11-10(6-5-8-15-11)12-9-17-13(14-2)16-12/h6,9,11,15H,3-5,7-8H2,1-2H3,(H,14,16). The maximum absolute atomic E-state index is 4.61. The molecule has 0 spiro atoms. The molecule has 1 aliphatic heterocycles. The molecule has 3 nitrogen and oxygen atoms in total. The largest absolute Gasteiger partial charge is 0.365 e. The summed E-state index contributed by atoms with van der Waals surface area (Å²) in [4.78, 5) is 4.61. The van der Waals surface area contributed by atoms with Crippen LogP contribution in [0.2, 0.25) is 0 Å². The number of hydrogen-bond acceptors (Lipinski definition) is 4. The van der Waals surface area contributed by atoms with Crippen LogP contribution in [0.15, 0.2) is 11.5 Å². The van der Waals surface area contributed by atoms with Crippen molar-refractivity contribution in [2.24, 2.45) is 0 Å². The summed E-state index contributed by atoms with van der Waals surface area (Å²) in [5.74, 6) is 0. The van der Waals surface area contributed by atoms with Gasteiger partial charge < -0.3 is 10.6 Å². The third-order valence-corrected chi connectivity index (χ3v) is 3.99. The molecule has 1 aliphatic rings. The van der Waals surface area contributed by atoms with Crippen LogP contribution in [0.5, 0.6) is 0 Å². The van der Waals surface area contributed by atoms with Crippen LogP contribution in [0.1, 0.15) is 38.3 Å². The van der Waals surface area contributed by atoms with Crippen LogP contribution in [-0.4, -0.2) is 24.6 Å². The van der Waals surface area contributed by atoms with Crippen LogP contribution in [-0.2, 0) is 0 Å². The predicted octanol–water partition coefficient (Wildman–Crippen LogP) is 3.12. The molecule has 1 aromatic rings. The number of rotatable bonds is 5. The number of nitrogens with zero attached hydrogens (tertiary/aromatic N) is 1. The molecule has 0 saturated carbocycles. The summed E-state index contributed by atoms with van der Waals surface area (Å²) in [5.41, 5.74) is 2.54. The first-order valence-corrected chi connectivity index (χ1v) is 7.30. The zero-order valence-electron chi connectivity index (χ0n) is 10.6. The fourth-order valence-electron chi connectivity index (χ4n) is 2.21. The first-order chi connectivity index (χ1) is 8.35. The fourth-order valence-corrected chi connectivity index (χ4v) is 2.89. The van der Waals surface area contributed by atoms with Gasteiger partial charge in [0.1, 0.15) is 0 Å². The molecule has 0 saturated heterocycles. The maximum Gasteiger partial charge on any atom is 0.182 e. The second kappa shape index (κ2) is 6.17. The molecule has 0 fully saturated rings. The van der Waals surface area contributed by atoms with Gasteiger partial charge in [-0.2, -0.15) is 0 Å². The monoisotopic (exact) mass is 251 g/mol. The molecule has 1 unspecified atom stereocenters. The summed E-state index contributed by atoms with van der Waals surface area (Å²) in [6.07, 6.45) is 7.22. The fraction of sp³-hybridized carbons (Fsp3) is 0.615. The van der Waals surface area contributed by atoms with Gasteiger partial charge in [-0.1, -0.05) is 25.8 Å². The highest BCUT2D eigenvalue weighted by molar-refractivity contribution is 7.13. The average Bonchev–Trinajstić information content (AvgIpc) is 2.85. The molecule has 4 heteroatoms. The van der Waals surface area contributed by atoms with Crippen LogP contribution in [0.4, 0.5) is 5.13 Å². The third kappa shape index (κ3) is 3.07. The van der Waals surface area contributed by atoms with Crippen molar-refractivity contribution in [3.8, 4) is 0 Å². The lowest BCUT2D eigenvalue weighted by Crippen LogP contribution is -2.34. The molecule has 0 bridgehead atoms. The van der Waals surface area contributed by atoms with Gasteiger partial charge in [-0.3, -0.25) is 0 Å². The first kappa shape index (κ1) is 12.6. The van der Waals surface area contributed by atoms with Crippen LogP contribution < -0.4 is 10.6 Å². The van der Waals surface area contributed by atoms with Crippen LogP contribution in [0, 0.1) is 0 Å². The molecule has 0 aromatic carbocycles. The number of nitrogens with one attached hydrogen (secondary N) is 2. The molecular formula is C13H21N3S. The molecular weight excluding hydrogens is 230 g/mol. The van der Waals surface area contributed by atoms with Gasteiger partial charge in [-0.15, -0.1) is 11.3 Å². The SMILES string of the molecule is CCCCC1NCCC=C1c1csc(NC)n1. The Balaban J connectivity index is 2.12. The zero-order valence-corrected chi connectivity index (χ0v) is 11.4. The van der Waals surface area contributed by atoms with E-state index < -0.39 is 0 Å². The second-order valence-corrected chi connectivity index (χ2v) is 5.24. The maximum atomic E-state index is 4.61. The molecule has 0 radical (unpaired) electrons. The van der Waals surface area contributed by atoms with Gasteiger partial charge in [0.25, 0.3) is 0 Å². The van der Waals surface area contributed by atoms with Gasteiger partial charge in [-0.05, 0) is 25.0 Å². The Kier molecular flexibility index (Phi) is 4.57. The Bertz CT molecular complexity index is 384. The number of hydrogen-bond donors (Lipinski definition) is 2. The molecule has 94 valence electrons. The quantitative estimate of drug-likeness (QED) is 0.844. The minimum Gasteiger partial charge on any atom is -0.365 e. The summed E-state index contributed by atoms with van der Waals surface area (Å²) in [6, 6.07) is 0.496. The summed E-state index contributed by atoms with van der Waals surface area (Å²) in [6.45, 7) is 3.34. The summed E-state index contributed by atoms with van der Waals surface area (Å²) in [7, 11) is 1.92. The number of thiazole rings is 1. The van der Waals surface area contributed by atoms with Gasteiger partial charge in [0.05, 0.1) is 5.69 Å². The van der Waals surface area contributed by atoms with Crippen molar-refractivity contribution in [1.29, 1.82) is 0 Å². The van der Waals surface area contributed by atoms with Crippen LogP contribution >= 0.6 is 11.3 Å². The van der Waals surface area contributed by atoms with E-state index in [1.54, 1.807) is 11.3 Å². The highest BCUT2D eigenvalue weighted by Crippen LogP contribution is 2.27. The Labute approximate surface area is 107 Å². The molecule has 0 aliphatic carbocycles. The van der Waals surface area contributed by atoms with Crippen molar-refractivity contribution in [2.45, 2.75) is 38.6 Å². The molecule has 2 N–H and O–H groups in total. The van der Waals surface area contributed by atoms with E-state index in [2.05, 4.69) is 34.0 Å². The van der Waals surface area contributed by atoms with E-state index in [0.717, 1.165) is 23.8 Å². The Morgan fingerprint density at radius 1 is 1.59 bits per heavy atom. The van der Waals surface area contributed by atoms with E-state index in [-0.39, 0.29) is 0 Å². The van der Waals surface area contributed by atoms with Crippen molar-refractivity contribution in [1.82, 2.24) is 10.3 Å². The lowest BCUT2D eigenvalue weighted by Gasteiger charge is -2.24. The molecule has 1 atom stereocenters. The summed E-state index contributed by atoms with van der Waals surface area (Å²) >= 11 is 1.68. The minimum absolute atomic E-state index is 0.496. The van der Waals surface area contributed by atoms with Crippen molar-refractivity contribution in [2.75, 3.05) is 18.9 Å². The normalized spacial score (nSPS) is 20.1. The van der Waals surface area contributed by atoms with Gasteiger partial charge in [0, 0.05) is 18.5 Å². The average molecular weight is 251 g/mol. The Hall–Kier alpha value is -0.870. The third-order valence-electron chi connectivity index (χ3n) is 3.13. The van der Waals surface area contributed by atoms with E-state index in [1.165, 1.54) is 24.8 Å². The van der Waals surface area contributed by atoms with E-state index in [9.17, 15) is 0 Å². The first-order valence-electron chi connectivity index (χ1n) is 6.42. The van der Waals surface area contributed by atoms with Crippen molar-refractivity contribution >= 4 is 22.0 Å². The number of unbranched alkanes of at least 4 members (excludes halogenated alkanes) is 1. The molecule has 1 aromatic heterocycles. The highest BCUT2D eigenvalue weighted by Gasteiger charge is 2.19. The second-order valence-electron chi connectivity index (χ2n) is 4.38. The van der Waals surface area contributed by atoms with E-state index in [0.29, 0.717) is 6.04 Å². The summed E-state index contributed by atoms with van der Waals surface area (Å²) < 4.78 is 0. The Morgan fingerprint density at radius 2 is 2.47 bits per heavy atom. The van der Waals surface area contributed by atoms with Gasteiger partial charge in [0.15, 0.2) is 5.13 Å². The lowest BCUT2D eigenvalue weighted by molar-refractivity contribution is 0.533. The molecule has 2 heterocycles. The van der Waals surface area contributed by atoms with E-state index in [4.69, 9.17) is 0 Å². The van der Waals surface area contributed by atoms with Crippen LogP contribution in [0.25, 0.3) is 5.57 Å². The minimum atomic E-state index is 0.496. The predicted molar refractivity (Wildman–Crippen MR) is 75.6 cm³/mol. The van der Waals surface area contributed by atoms with Crippen molar-refractivity contribution < 1.29 is 0 Å². The lowest BCUT2D eigenvalue weighted by atomic mass is 9.95. The van der Waals surface area contributed by atoms with Crippen molar-refractivity contribution in [3.63, 3.8) is 0 Å². The molecule has 2 rings (SSSR count). The highest BCUT2D eigenvalue weighted by atomic mass is 32.1. The zero-order chi connectivity index (χ0) is 12.1. The Morgan fingerprint density at radius 3 is 3.18 bits per heavy atom. The molecule has 0 amide bonds. The molecule has 17 heavy (non-hydrogen) atoms. The number of anilines is 1. The summed E-state index contributed by atoms with van der Waals surface area (Å²) in [5, 5.41) is 9.87. The van der Waals surface area contributed by atoms with Gasteiger partial charge >= 0.3 is 0 Å². The van der Waals surface area contributed by atoms with Crippen LogP contribution in [0.3, 0.4) is 0 Å². The van der Waals surface area contributed by atoms with Gasteiger partial charge in [-0.25, -0.2) is 4.98 Å². The van der Waals surface area contributed by atoms with Crippen molar-refractivity contribution in [3.05, 3.63) is 17.2 Å². The van der Waals surface area contributed by atoms with Gasteiger partial charge in [0.2, 0.25) is 0 Å². The van der Waals surface area contributed by atoms with E-state index in [1.807, 2.05) is 7.05 Å².